The number of aromatic nitrogens is 1. The Kier molecular flexibility index (Phi) is 5.04. The molecule has 1 N–H and O–H groups in total. The number of benzene rings is 1. The first-order chi connectivity index (χ1) is 10.8. The molecule has 0 aliphatic rings. The minimum absolute atomic E-state index is 0.0346. The predicted molar refractivity (Wildman–Crippen MR) is 93.0 cm³/mol. The number of amides is 1. The third-order valence-electron chi connectivity index (χ3n) is 3.61. The van der Waals surface area contributed by atoms with Crippen molar-refractivity contribution in [3.8, 4) is 5.75 Å². The highest BCUT2D eigenvalue weighted by molar-refractivity contribution is 5.90. The Morgan fingerprint density at radius 1 is 1.17 bits per heavy atom. The number of rotatable bonds is 4. The zero-order valence-electron chi connectivity index (χ0n) is 14.4. The summed E-state index contributed by atoms with van der Waals surface area (Å²) in [6, 6.07) is 9.61. The van der Waals surface area contributed by atoms with Gasteiger partial charge in [0.1, 0.15) is 11.6 Å². The molecular weight excluding hydrogens is 288 g/mol. The van der Waals surface area contributed by atoms with Crippen molar-refractivity contribution in [2.24, 2.45) is 0 Å². The molecule has 0 radical (unpaired) electrons. The van der Waals surface area contributed by atoms with E-state index in [1.807, 2.05) is 19.9 Å². The lowest BCUT2D eigenvalue weighted by Gasteiger charge is -2.22. The van der Waals surface area contributed by atoms with Gasteiger partial charge in [-0.25, -0.2) is 4.98 Å². The van der Waals surface area contributed by atoms with Crippen molar-refractivity contribution in [3.63, 3.8) is 0 Å². The molecule has 4 heteroatoms. The van der Waals surface area contributed by atoms with Gasteiger partial charge >= 0.3 is 0 Å². The van der Waals surface area contributed by atoms with Crippen molar-refractivity contribution in [1.82, 2.24) is 4.98 Å². The number of ether oxygens (including phenoxy) is 1. The molecule has 4 nitrogen and oxygen atoms in total. The number of hydrogen-bond donors (Lipinski definition) is 1. The maximum absolute atomic E-state index is 12.0. The second-order valence-corrected chi connectivity index (χ2v) is 6.74. The lowest BCUT2D eigenvalue weighted by atomic mass is 9.85. The standard InChI is InChI=1S/C19H24N2O2/c1-13-10-15(19(3,4)5)11-14(2)18(13)23-12-17(22)21-16-8-6-7-9-20-16/h6-11H,12H2,1-5H3,(H,20,21,22). The molecule has 0 unspecified atom stereocenters. The first kappa shape index (κ1) is 17.0. The second kappa shape index (κ2) is 6.82. The molecule has 0 aliphatic carbocycles. The van der Waals surface area contributed by atoms with Gasteiger partial charge in [0.15, 0.2) is 6.61 Å². The molecule has 0 bridgehead atoms. The van der Waals surface area contributed by atoms with Crippen LogP contribution < -0.4 is 10.1 Å². The molecule has 0 saturated heterocycles. The van der Waals surface area contributed by atoms with Crippen molar-refractivity contribution in [3.05, 3.63) is 53.2 Å². The first-order valence-corrected chi connectivity index (χ1v) is 7.73. The highest BCUT2D eigenvalue weighted by atomic mass is 16.5. The van der Waals surface area contributed by atoms with Crippen LogP contribution >= 0.6 is 0 Å². The minimum Gasteiger partial charge on any atom is -0.483 e. The molecule has 0 saturated carbocycles. The predicted octanol–water partition coefficient (Wildman–Crippen LogP) is 4.01. The fraction of sp³-hybridized carbons (Fsp3) is 0.368. The van der Waals surface area contributed by atoms with Crippen LogP contribution in [0.5, 0.6) is 5.75 Å². The summed E-state index contributed by atoms with van der Waals surface area (Å²) in [6.45, 7) is 10.5. The van der Waals surface area contributed by atoms with Gasteiger partial charge in [-0.1, -0.05) is 39.0 Å². The van der Waals surface area contributed by atoms with Gasteiger partial charge in [-0.3, -0.25) is 4.79 Å². The van der Waals surface area contributed by atoms with Crippen molar-refractivity contribution < 1.29 is 9.53 Å². The minimum atomic E-state index is -0.220. The van der Waals surface area contributed by atoms with Crippen LogP contribution in [0.25, 0.3) is 0 Å². The molecule has 1 amide bonds. The monoisotopic (exact) mass is 312 g/mol. The Morgan fingerprint density at radius 3 is 2.35 bits per heavy atom. The number of hydrogen-bond acceptors (Lipinski definition) is 3. The van der Waals surface area contributed by atoms with E-state index in [0.29, 0.717) is 5.82 Å². The summed E-state index contributed by atoms with van der Waals surface area (Å²) in [4.78, 5) is 16.0. The smallest absolute Gasteiger partial charge is 0.263 e. The summed E-state index contributed by atoms with van der Waals surface area (Å²) >= 11 is 0. The first-order valence-electron chi connectivity index (χ1n) is 7.73. The number of pyridine rings is 1. The summed E-state index contributed by atoms with van der Waals surface area (Å²) in [6.07, 6.45) is 1.63. The molecule has 1 heterocycles. The Bertz CT molecular complexity index is 665. The van der Waals surface area contributed by atoms with Gasteiger partial charge in [-0.15, -0.1) is 0 Å². The van der Waals surface area contributed by atoms with E-state index < -0.39 is 0 Å². The zero-order valence-corrected chi connectivity index (χ0v) is 14.4. The van der Waals surface area contributed by atoms with Crippen LogP contribution in [0.15, 0.2) is 36.5 Å². The normalized spacial score (nSPS) is 11.2. The van der Waals surface area contributed by atoms with E-state index in [-0.39, 0.29) is 17.9 Å². The third-order valence-corrected chi connectivity index (χ3v) is 3.61. The molecule has 0 fully saturated rings. The van der Waals surface area contributed by atoms with Crippen LogP contribution in [-0.4, -0.2) is 17.5 Å². The van der Waals surface area contributed by atoms with Gasteiger partial charge in [0.25, 0.3) is 5.91 Å². The number of aryl methyl sites for hydroxylation is 2. The van der Waals surface area contributed by atoms with E-state index in [1.54, 1.807) is 18.3 Å². The largest absolute Gasteiger partial charge is 0.483 e. The van der Waals surface area contributed by atoms with Gasteiger partial charge < -0.3 is 10.1 Å². The summed E-state index contributed by atoms with van der Waals surface area (Å²) < 4.78 is 5.73. The number of carbonyl (C=O) groups is 1. The molecule has 23 heavy (non-hydrogen) atoms. The average molecular weight is 312 g/mol. The van der Waals surface area contributed by atoms with Gasteiger partial charge in [0, 0.05) is 6.20 Å². The summed E-state index contributed by atoms with van der Waals surface area (Å²) in [5, 5.41) is 2.71. The summed E-state index contributed by atoms with van der Waals surface area (Å²) in [5.41, 5.74) is 3.43. The van der Waals surface area contributed by atoms with Crippen molar-refractivity contribution in [2.75, 3.05) is 11.9 Å². The lowest BCUT2D eigenvalue weighted by molar-refractivity contribution is -0.118. The van der Waals surface area contributed by atoms with E-state index in [4.69, 9.17) is 4.74 Å². The van der Waals surface area contributed by atoms with Crippen LogP contribution in [0.3, 0.4) is 0 Å². The van der Waals surface area contributed by atoms with Crippen molar-refractivity contribution in [2.45, 2.75) is 40.0 Å². The molecule has 2 aromatic rings. The second-order valence-electron chi connectivity index (χ2n) is 6.74. The van der Waals surface area contributed by atoms with E-state index in [2.05, 4.69) is 43.2 Å². The Labute approximate surface area is 137 Å². The average Bonchev–Trinajstić information content (AvgIpc) is 2.46. The van der Waals surface area contributed by atoms with Crippen LogP contribution in [0.2, 0.25) is 0 Å². The molecule has 1 aromatic carbocycles. The van der Waals surface area contributed by atoms with Gasteiger partial charge in [-0.05, 0) is 48.1 Å². The zero-order chi connectivity index (χ0) is 17.0. The fourth-order valence-electron chi connectivity index (χ4n) is 2.36. The molecule has 0 spiro atoms. The Hall–Kier alpha value is -2.36. The fourth-order valence-corrected chi connectivity index (χ4v) is 2.36. The highest BCUT2D eigenvalue weighted by Crippen LogP contribution is 2.30. The van der Waals surface area contributed by atoms with E-state index in [0.717, 1.165) is 16.9 Å². The van der Waals surface area contributed by atoms with Crippen LogP contribution in [0, 0.1) is 13.8 Å². The Balaban J connectivity index is 2.05. The lowest BCUT2D eigenvalue weighted by Crippen LogP contribution is -2.21. The highest BCUT2D eigenvalue weighted by Gasteiger charge is 2.17. The molecule has 0 atom stereocenters. The van der Waals surface area contributed by atoms with Crippen molar-refractivity contribution >= 4 is 11.7 Å². The number of nitrogens with one attached hydrogen (secondary N) is 1. The summed E-state index contributed by atoms with van der Waals surface area (Å²) in [5.74, 6) is 1.08. The third kappa shape index (κ3) is 4.55. The summed E-state index contributed by atoms with van der Waals surface area (Å²) in [7, 11) is 0. The van der Waals surface area contributed by atoms with Gasteiger partial charge in [-0.2, -0.15) is 0 Å². The Morgan fingerprint density at radius 2 is 1.83 bits per heavy atom. The molecular formula is C19H24N2O2. The van der Waals surface area contributed by atoms with E-state index in [9.17, 15) is 4.79 Å². The molecule has 2 rings (SSSR count). The maximum atomic E-state index is 12.0. The van der Waals surface area contributed by atoms with E-state index in [1.165, 1.54) is 5.56 Å². The molecule has 0 aliphatic heterocycles. The van der Waals surface area contributed by atoms with Crippen LogP contribution in [-0.2, 0) is 10.2 Å². The molecule has 122 valence electrons. The van der Waals surface area contributed by atoms with Gasteiger partial charge in [0.05, 0.1) is 0 Å². The number of nitrogens with zero attached hydrogens (tertiary/aromatic N) is 1. The van der Waals surface area contributed by atoms with E-state index >= 15 is 0 Å². The molecule has 1 aromatic heterocycles. The quantitative estimate of drug-likeness (QED) is 0.928. The number of anilines is 1. The number of carbonyl (C=O) groups excluding carboxylic acids is 1. The topological polar surface area (TPSA) is 51.2 Å². The maximum Gasteiger partial charge on any atom is 0.263 e. The van der Waals surface area contributed by atoms with Crippen LogP contribution in [0.4, 0.5) is 5.82 Å². The van der Waals surface area contributed by atoms with Crippen LogP contribution in [0.1, 0.15) is 37.5 Å². The van der Waals surface area contributed by atoms with Crippen molar-refractivity contribution in [1.29, 1.82) is 0 Å². The SMILES string of the molecule is Cc1cc(C(C)(C)C)cc(C)c1OCC(=O)Nc1ccccn1. The van der Waals surface area contributed by atoms with Gasteiger partial charge in [0.2, 0.25) is 0 Å².